The van der Waals surface area contributed by atoms with Crippen LogP contribution >= 0.6 is 0 Å². The van der Waals surface area contributed by atoms with E-state index in [0.717, 1.165) is 11.4 Å². The lowest BCUT2D eigenvalue weighted by Gasteiger charge is -2.33. The van der Waals surface area contributed by atoms with Crippen LogP contribution in [-0.2, 0) is 0 Å². The van der Waals surface area contributed by atoms with Gasteiger partial charge in [-0.1, -0.05) is 20.3 Å². The van der Waals surface area contributed by atoms with Crippen molar-refractivity contribution in [2.75, 3.05) is 7.11 Å². The van der Waals surface area contributed by atoms with Crippen LogP contribution in [0.25, 0.3) is 0 Å². The fraction of sp³-hybridized carbons (Fsp3) is 0.800. The molecule has 1 aliphatic rings. The van der Waals surface area contributed by atoms with Gasteiger partial charge in [0.15, 0.2) is 5.75 Å². The van der Waals surface area contributed by atoms with E-state index in [9.17, 15) is 0 Å². The van der Waals surface area contributed by atoms with E-state index in [1.54, 1.807) is 13.3 Å². The van der Waals surface area contributed by atoms with Crippen LogP contribution in [0.4, 0.5) is 0 Å². The molecule has 0 amide bonds. The lowest BCUT2D eigenvalue weighted by molar-refractivity contribution is 0.211. The monoisotopic (exact) mass is 265 g/mol. The molecule has 0 bridgehead atoms. The van der Waals surface area contributed by atoms with Crippen LogP contribution < -0.4 is 10.5 Å². The zero-order chi connectivity index (χ0) is 14.2. The summed E-state index contributed by atoms with van der Waals surface area (Å²) in [4.78, 5) is 0. The molecule has 1 saturated carbocycles. The Morgan fingerprint density at radius 2 is 2.16 bits per heavy atom. The van der Waals surface area contributed by atoms with Crippen LogP contribution in [0, 0.1) is 11.3 Å². The molecule has 0 saturated heterocycles. The molecule has 0 radical (unpaired) electrons. The lowest BCUT2D eigenvalue weighted by Crippen LogP contribution is -2.32. The summed E-state index contributed by atoms with van der Waals surface area (Å²) in [5.41, 5.74) is 7.95. The lowest BCUT2D eigenvalue weighted by atomic mass is 9.76. The van der Waals surface area contributed by atoms with Gasteiger partial charge in [-0.05, 0) is 38.0 Å². The highest BCUT2D eigenvalue weighted by atomic mass is 16.5. The second-order valence-corrected chi connectivity index (χ2v) is 6.65. The van der Waals surface area contributed by atoms with Crippen molar-refractivity contribution in [3.05, 3.63) is 11.9 Å². The topological polar surface area (TPSA) is 53.1 Å². The highest BCUT2D eigenvalue weighted by Gasteiger charge is 2.40. The second-order valence-electron chi connectivity index (χ2n) is 6.65. The number of methoxy groups -OCH3 is 1. The number of nitrogens with two attached hydrogens (primary N) is 1. The molecule has 2 unspecified atom stereocenters. The van der Waals surface area contributed by atoms with Crippen molar-refractivity contribution < 1.29 is 4.74 Å². The zero-order valence-electron chi connectivity index (χ0n) is 12.8. The molecule has 4 nitrogen and oxygen atoms in total. The SMILES string of the molecule is COc1cnn(C(C)C)c1C(N)C1CCCC1(C)C. The van der Waals surface area contributed by atoms with Gasteiger partial charge in [-0.2, -0.15) is 5.10 Å². The summed E-state index contributed by atoms with van der Waals surface area (Å²) in [6.07, 6.45) is 5.50. The van der Waals surface area contributed by atoms with Gasteiger partial charge in [0.25, 0.3) is 0 Å². The molecule has 0 aromatic carbocycles. The maximum atomic E-state index is 6.59. The Kier molecular flexibility index (Phi) is 3.90. The Hall–Kier alpha value is -1.03. The molecule has 1 aromatic rings. The van der Waals surface area contributed by atoms with Crippen LogP contribution in [0.2, 0.25) is 0 Å². The zero-order valence-corrected chi connectivity index (χ0v) is 12.8. The van der Waals surface area contributed by atoms with Gasteiger partial charge in [0.1, 0.15) is 0 Å². The summed E-state index contributed by atoms with van der Waals surface area (Å²) in [5, 5.41) is 4.44. The molecule has 1 heterocycles. The molecule has 108 valence electrons. The van der Waals surface area contributed by atoms with E-state index in [0.29, 0.717) is 17.4 Å². The van der Waals surface area contributed by atoms with Gasteiger partial charge in [-0.25, -0.2) is 0 Å². The van der Waals surface area contributed by atoms with Crippen LogP contribution in [-0.4, -0.2) is 16.9 Å². The maximum Gasteiger partial charge on any atom is 0.161 e. The van der Waals surface area contributed by atoms with Crippen molar-refractivity contribution in [3.8, 4) is 5.75 Å². The van der Waals surface area contributed by atoms with Crippen LogP contribution in [0.1, 0.15) is 64.7 Å². The van der Waals surface area contributed by atoms with E-state index in [4.69, 9.17) is 10.5 Å². The summed E-state index contributed by atoms with van der Waals surface area (Å²) < 4.78 is 7.47. The molecule has 2 atom stereocenters. The highest BCUT2D eigenvalue weighted by Crippen LogP contribution is 2.49. The number of nitrogens with zero attached hydrogens (tertiary/aromatic N) is 2. The first-order chi connectivity index (χ1) is 8.88. The minimum Gasteiger partial charge on any atom is -0.493 e. The number of aromatic nitrogens is 2. The number of ether oxygens (including phenoxy) is 1. The first kappa shape index (κ1) is 14.4. The Bertz CT molecular complexity index is 437. The van der Waals surface area contributed by atoms with Gasteiger partial charge in [0, 0.05) is 6.04 Å². The number of rotatable bonds is 4. The Morgan fingerprint density at radius 1 is 1.47 bits per heavy atom. The molecule has 1 fully saturated rings. The number of hydrogen-bond donors (Lipinski definition) is 1. The fourth-order valence-corrected chi connectivity index (χ4v) is 3.45. The Labute approximate surface area is 116 Å². The van der Waals surface area contributed by atoms with Crippen molar-refractivity contribution >= 4 is 0 Å². The second kappa shape index (κ2) is 5.16. The summed E-state index contributed by atoms with van der Waals surface area (Å²) in [5.74, 6) is 1.32. The third-order valence-corrected chi connectivity index (χ3v) is 4.60. The molecule has 19 heavy (non-hydrogen) atoms. The first-order valence-electron chi connectivity index (χ1n) is 7.25. The average molecular weight is 265 g/mol. The standard InChI is InChI=1S/C15H27N3O/c1-10(2)18-14(12(19-5)9-17-18)13(16)11-7-6-8-15(11,3)4/h9-11,13H,6-8,16H2,1-5H3. The number of hydrogen-bond acceptors (Lipinski definition) is 3. The van der Waals surface area contributed by atoms with Crippen molar-refractivity contribution in [1.29, 1.82) is 0 Å². The quantitative estimate of drug-likeness (QED) is 0.908. The third kappa shape index (κ3) is 2.50. The van der Waals surface area contributed by atoms with E-state index in [1.807, 2.05) is 4.68 Å². The van der Waals surface area contributed by atoms with Crippen molar-refractivity contribution in [2.45, 2.75) is 59.0 Å². The molecule has 4 heteroatoms. The average Bonchev–Trinajstić information content (AvgIpc) is 2.90. The van der Waals surface area contributed by atoms with Gasteiger partial charge < -0.3 is 10.5 Å². The molecule has 1 aliphatic carbocycles. The summed E-state index contributed by atoms with van der Waals surface area (Å²) in [6, 6.07) is 0.298. The maximum absolute atomic E-state index is 6.59. The summed E-state index contributed by atoms with van der Waals surface area (Å²) >= 11 is 0. The van der Waals surface area contributed by atoms with Gasteiger partial charge in [-0.3, -0.25) is 4.68 Å². The van der Waals surface area contributed by atoms with E-state index < -0.39 is 0 Å². The van der Waals surface area contributed by atoms with E-state index in [2.05, 4.69) is 32.8 Å². The predicted octanol–water partition coefficient (Wildman–Crippen LogP) is 3.30. The smallest absolute Gasteiger partial charge is 0.161 e. The molecular weight excluding hydrogens is 238 g/mol. The Balaban J connectivity index is 2.37. The van der Waals surface area contributed by atoms with E-state index in [1.165, 1.54) is 19.3 Å². The Morgan fingerprint density at radius 3 is 2.63 bits per heavy atom. The predicted molar refractivity (Wildman–Crippen MR) is 77.2 cm³/mol. The molecular formula is C15H27N3O. The minimum absolute atomic E-state index is 0.00245. The van der Waals surface area contributed by atoms with Gasteiger partial charge in [0.05, 0.1) is 25.0 Å². The van der Waals surface area contributed by atoms with Crippen LogP contribution in [0.5, 0.6) is 5.75 Å². The normalized spacial score (nSPS) is 23.8. The van der Waals surface area contributed by atoms with E-state index in [-0.39, 0.29) is 6.04 Å². The molecule has 2 rings (SSSR count). The third-order valence-electron chi connectivity index (χ3n) is 4.60. The molecule has 2 N–H and O–H groups in total. The largest absolute Gasteiger partial charge is 0.493 e. The van der Waals surface area contributed by atoms with E-state index >= 15 is 0 Å². The summed E-state index contributed by atoms with van der Waals surface area (Å²) in [6.45, 7) is 8.91. The van der Waals surface area contributed by atoms with Gasteiger partial charge >= 0.3 is 0 Å². The molecule has 0 aliphatic heterocycles. The van der Waals surface area contributed by atoms with Gasteiger partial charge in [0.2, 0.25) is 0 Å². The van der Waals surface area contributed by atoms with Gasteiger partial charge in [-0.15, -0.1) is 0 Å². The fourth-order valence-electron chi connectivity index (χ4n) is 3.45. The van der Waals surface area contributed by atoms with Crippen molar-refractivity contribution in [3.63, 3.8) is 0 Å². The highest BCUT2D eigenvalue weighted by molar-refractivity contribution is 5.29. The van der Waals surface area contributed by atoms with Crippen molar-refractivity contribution in [1.82, 2.24) is 9.78 Å². The van der Waals surface area contributed by atoms with Crippen LogP contribution in [0.15, 0.2) is 6.20 Å². The minimum atomic E-state index is -0.00245. The molecule has 1 aromatic heterocycles. The van der Waals surface area contributed by atoms with Crippen molar-refractivity contribution in [2.24, 2.45) is 17.1 Å². The van der Waals surface area contributed by atoms with Crippen LogP contribution in [0.3, 0.4) is 0 Å². The summed E-state index contributed by atoms with van der Waals surface area (Å²) in [7, 11) is 1.69. The molecule has 0 spiro atoms. The first-order valence-corrected chi connectivity index (χ1v) is 7.25.